The molecular weight excluding hydrogens is 190 g/mol. The molecule has 1 rings (SSSR count). The number of β-amino-alcohol motifs (C(OH)–C–C–N with tert-alkyl or cyclic N) is 1. The standard InChI is InChI=1S/C11H25N3O/c15-11-10-14-8-2-6-12-4-1-5-13-7-3-9-14/h12-13,15H,1-11H2. The van der Waals surface area contributed by atoms with Crippen molar-refractivity contribution in [1.29, 1.82) is 0 Å². The van der Waals surface area contributed by atoms with Crippen LogP contribution in [-0.2, 0) is 0 Å². The van der Waals surface area contributed by atoms with Crippen molar-refractivity contribution in [3.05, 3.63) is 0 Å². The van der Waals surface area contributed by atoms with Gasteiger partial charge in [0.05, 0.1) is 6.61 Å². The maximum atomic E-state index is 8.93. The number of nitrogens with one attached hydrogen (secondary N) is 2. The third-order valence-electron chi connectivity index (χ3n) is 2.78. The van der Waals surface area contributed by atoms with Gasteiger partial charge in [-0.2, -0.15) is 0 Å². The Hall–Kier alpha value is -0.160. The smallest absolute Gasteiger partial charge is 0.0558 e. The number of nitrogens with zero attached hydrogens (tertiary/aromatic N) is 1. The van der Waals surface area contributed by atoms with Crippen LogP contribution in [0.15, 0.2) is 0 Å². The molecule has 4 heteroatoms. The lowest BCUT2D eigenvalue weighted by molar-refractivity contribution is 0.191. The largest absolute Gasteiger partial charge is 0.395 e. The summed E-state index contributed by atoms with van der Waals surface area (Å²) in [6, 6.07) is 0. The van der Waals surface area contributed by atoms with Gasteiger partial charge in [-0.25, -0.2) is 0 Å². The second-order valence-electron chi connectivity index (χ2n) is 4.13. The molecule has 1 aliphatic rings. The van der Waals surface area contributed by atoms with E-state index in [1.54, 1.807) is 0 Å². The zero-order valence-electron chi connectivity index (χ0n) is 9.67. The quantitative estimate of drug-likeness (QED) is 0.589. The highest BCUT2D eigenvalue weighted by molar-refractivity contribution is 4.62. The first kappa shape index (κ1) is 12.9. The van der Waals surface area contributed by atoms with Gasteiger partial charge in [0.2, 0.25) is 0 Å². The minimum Gasteiger partial charge on any atom is -0.395 e. The summed E-state index contributed by atoms with van der Waals surface area (Å²) in [4.78, 5) is 2.35. The number of hydrogen-bond donors (Lipinski definition) is 3. The molecule has 0 aromatic rings. The Morgan fingerprint density at radius 3 is 1.93 bits per heavy atom. The van der Waals surface area contributed by atoms with Crippen LogP contribution < -0.4 is 10.6 Å². The van der Waals surface area contributed by atoms with Gasteiger partial charge in [-0.05, 0) is 58.5 Å². The van der Waals surface area contributed by atoms with E-state index in [1.807, 2.05) is 0 Å². The molecule has 0 aromatic heterocycles. The molecule has 0 aromatic carbocycles. The van der Waals surface area contributed by atoms with Gasteiger partial charge in [-0.1, -0.05) is 0 Å². The Kier molecular flexibility index (Phi) is 7.83. The van der Waals surface area contributed by atoms with Gasteiger partial charge in [-0.15, -0.1) is 0 Å². The maximum absolute atomic E-state index is 8.93. The average molecular weight is 215 g/mol. The minimum atomic E-state index is 0.279. The summed E-state index contributed by atoms with van der Waals surface area (Å²) < 4.78 is 0. The maximum Gasteiger partial charge on any atom is 0.0558 e. The molecule has 0 atom stereocenters. The minimum absolute atomic E-state index is 0.279. The summed E-state index contributed by atoms with van der Waals surface area (Å²) in [5, 5.41) is 15.8. The first-order chi connectivity index (χ1) is 7.43. The molecule has 0 radical (unpaired) electrons. The van der Waals surface area contributed by atoms with E-state index in [4.69, 9.17) is 5.11 Å². The van der Waals surface area contributed by atoms with Crippen LogP contribution >= 0.6 is 0 Å². The van der Waals surface area contributed by atoms with Crippen LogP contribution in [0, 0.1) is 0 Å². The zero-order chi connectivity index (χ0) is 10.8. The highest BCUT2D eigenvalue weighted by atomic mass is 16.3. The molecule has 0 unspecified atom stereocenters. The van der Waals surface area contributed by atoms with Gasteiger partial charge in [0.1, 0.15) is 0 Å². The van der Waals surface area contributed by atoms with E-state index in [0.717, 1.165) is 45.8 Å². The summed E-state index contributed by atoms with van der Waals surface area (Å²) in [7, 11) is 0. The Labute approximate surface area is 93.0 Å². The third-order valence-corrected chi connectivity index (χ3v) is 2.78. The number of aliphatic hydroxyl groups is 1. The second kappa shape index (κ2) is 9.09. The monoisotopic (exact) mass is 215 g/mol. The summed E-state index contributed by atoms with van der Waals surface area (Å²) in [6.45, 7) is 7.74. The Bertz CT molecular complexity index is 132. The topological polar surface area (TPSA) is 47.5 Å². The highest BCUT2D eigenvalue weighted by Gasteiger charge is 2.04. The molecule has 1 heterocycles. The first-order valence-corrected chi connectivity index (χ1v) is 6.18. The molecule has 0 aliphatic carbocycles. The predicted octanol–water partition coefficient (Wildman–Crippen LogP) is -0.356. The summed E-state index contributed by atoms with van der Waals surface area (Å²) in [5.74, 6) is 0. The molecule has 0 saturated carbocycles. The van der Waals surface area contributed by atoms with Crippen molar-refractivity contribution in [1.82, 2.24) is 15.5 Å². The van der Waals surface area contributed by atoms with Gasteiger partial charge >= 0.3 is 0 Å². The molecule has 1 fully saturated rings. The molecule has 4 nitrogen and oxygen atoms in total. The van der Waals surface area contributed by atoms with Crippen LogP contribution in [0.2, 0.25) is 0 Å². The van der Waals surface area contributed by atoms with Crippen LogP contribution in [0.3, 0.4) is 0 Å². The van der Waals surface area contributed by atoms with Gasteiger partial charge in [-0.3, -0.25) is 0 Å². The Balaban J connectivity index is 2.19. The first-order valence-electron chi connectivity index (χ1n) is 6.18. The van der Waals surface area contributed by atoms with Crippen molar-refractivity contribution in [2.24, 2.45) is 0 Å². The molecule has 3 N–H and O–H groups in total. The fraction of sp³-hybridized carbons (Fsp3) is 1.00. The van der Waals surface area contributed by atoms with Crippen molar-refractivity contribution in [3.63, 3.8) is 0 Å². The van der Waals surface area contributed by atoms with Crippen molar-refractivity contribution in [2.45, 2.75) is 19.3 Å². The van der Waals surface area contributed by atoms with Crippen molar-refractivity contribution >= 4 is 0 Å². The van der Waals surface area contributed by atoms with Gasteiger partial charge in [0, 0.05) is 6.54 Å². The molecule has 0 amide bonds. The summed E-state index contributed by atoms with van der Waals surface area (Å²) in [6.07, 6.45) is 3.60. The SMILES string of the molecule is OCCN1CCCNCCCNCCC1. The van der Waals surface area contributed by atoms with E-state index in [1.165, 1.54) is 19.3 Å². The van der Waals surface area contributed by atoms with Gasteiger partial charge < -0.3 is 20.6 Å². The Morgan fingerprint density at radius 2 is 1.40 bits per heavy atom. The van der Waals surface area contributed by atoms with E-state index in [-0.39, 0.29) is 6.61 Å². The van der Waals surface area contributed by atoms with E-state index in [9.17, 15) is 0 Å². The highest BCUT2D eigenvalue weighted by Crippen LogP contribution is 1.94. The van der Waals surface area contributed by atoms with E-state index in [0.29, 0.717) is 0 Å². The molecule has 1 saturated heterocycles. The van der Waals surface area contributed by atoms with E-state index < -0.39 is 0 Å². The second-order valence-corrected chi connectivity index (χ2v) is 4.13. The number of aliphatic hydroxyl groups excluding tert-OH is 1. The lowest BCUT2D eigenvalue weighted by Crippen LogP contribution is -2.34. The molecule has 90 valence electrons. The van der Waals surface area contributed by atoms with Gasteiger partial charge in [0.15, 0.2) is 0 Å². The van der Waals surface area contributed by atoms with Crippen LogP contribution in [0.1, 0.15) is 19.3 Å². The Morgan fingerprint density at radius 1 is 0.867 bits per heavy atom. The van der Waals surface area contributed by atoms with Crippen molar-refractivity contribution in [3.8, 4) is 0 Å². The lowest BCUT2D eigenvalue weighted by atomic mass is 10.3. The van der Waals surface area contributed by atoms with Crippen molar-refractivity contribution in [2.75, 3.05) is 52.4 Å². The molecule has 0 bridgehead atoms. The van der Waals surface area contributed by atoms with E-state index >= 15 is 0 Å². The summed E-state index contributed by atoms with van der Waals surface area (Å²) in [5.41, 5.74) is 0. The molecule has 15 heavy (non-hydrogen) atoms. The summed E-state index contributed by atoms with van der Waals surface area (Å²) >= 11 is 0. The molecule has 0 spiro atoms. The lowest BCUT2D eigenvalue weighted by Gasteiger charge is -2.22. The van der Waals surface area contributed by atoms with Crippen LogP contribution in [0.5, 0.6) is 0 Å². The normalized spacial score (nSPS) is 23.0. The van der Waals surface area contributed by atoms with Gasteiger partial charge in [0.25, 0.3) is 0 Å². The zero-order valence-corrected chi connectivity index (χ0v) is 9.67. The number of rotatable bonds is 2. The third kappa shape index (κ3) is 6.84. The average Bonchev–Trinajstić information content (AvgIpc) is 2.22. The number of hydrogen-bond acceptors (Lipinski definition) is 4. The predicted molar refractivity (Wildman–Crippen MR) is 63.1 cm³/mol. The van der Waals surface area contributed by atoms with Crippen molar-refractivity contribution < 1.29 is 5.11 Å². The molecule has 1 aliphatic heterocycles. The fourth-order valence-corrected chi connectivity index (χ4v) is 1.92. The van der Waals surface area contributed by atoms with Crippen LogP contribution in [-0.4, -0.2) is 62.4 Å². The van der Waals surface area contributed by atoms with Crippen LogP contribution in [0.25, 0.3) is 0 Å². The fourth-order valence-electron chi connectivity index (χ4n) is 1.92. The molecular formula is C11H25N3O. The van der Waals surface area contributed by atoms with E-state index in [2.05, 4.69) is 15.5 Å². The van der Waals surface area contributed by atoms with Crippen LogP contribution in [0.4, 0.5) is 0 Å².